The Labute approximate surface area is 157 Å². The second kappa shape index (κ2) is 7.63. The minimum Gasteiger partial charge on any atom is -0.508 e. The van der Waals surface area contributed by atoms with E-state index in [0.29, 0.717) is 5.02 Å². The van der Waals surface area contributed by atoms with Crippen LogP contribution in [0.1, 0.15) is 23.6 Å². The van der Waals surface area contributed by atoms with Crippen molar-refractivity contribution < 1.29 is 14.2 Å². The molecule has 0 aliphatic carbocycles. The van der Waals surface area contributed by atoms with E-state index in [0.717, 1.165) is 27.8 Å². The summed E-state index contributed by atoms with van der Waals surface area (Å²) in [6, 6.07) is 19.3. The SMILES string of the molecule is COc1cc(/C(C)=C(/c2ccc(O)cc2)c2ccc(Cl)cc2)ccc1F. The van der Waals surface area contributed by atoms with Crippen molar-refractivity contribution >= 4 is 22.7 Å². The molecule has 3 aromatic carbocycles. The first-order valence-electron chi connectivity index (χ1n) is 8.09. The molecule has 26 heavy (non-hydrogen) atoms. The molecule has 0 atom stereocenters. The summed E-state index contributed by atoms with van der Waals surface area (Å²) in [6.45, 7) is 1.98. The lowest BCUT2D eigenvalue weighted by Gasteiger charge is -2.15. The summed E-state index contributed by atoms with van der Waals surface area (Å²) in [4.78, 5) is 0. The Morgan fingerprint density at radius 2 is 1.42 bits per heavy atom. The fourth-order valence-corrected chi connectivity index (χ4v) is 3.01. The quantitative estimate of drug-likeness (QED) is 0.558. The summed E-state index contributed by atoms with van der Waals surface area (Å²) in [7, 11) is 1.45. The summed E-state index contributed by atoms with van der Waals surface area (Å²) in [5.74, 6) is -0.00458. The Morgan fingerprint density at radius 1 is 0.885 bits per heavy atom. The molecule has 3 rings (SSSR count). The molecule has 0 radical (unpaired) electrons. The van der Waals surface area contributed by atoms with Gasteiger partial charge in [-0.3, -0.25) is 0 Å². The smallest absolute Gasteiger partial charge is 0.165 e. The van der Waals surface area contributed by atoms with Gasteiger partial charge >= 0.3 is 0 Å². The van der Waals surface area contributed by atoms with E-state index in [1.165, 1.54) is 13.2 Å². The van der Waals surface area contributed by atoms with Gasteiger partial charge in [0.25, 0.3) is 0 Å². The molecule has 0 aliphatic heterocycles. The number of halogens is 2. The van der Waals surface area contributed by atoms with Gasteiger partial charge in [0.1, 0.15) is 5.75 Å². The van der Waals surface area contributed by atoms with Gasteiger partial charge < -0.3 is 9.84 Å². The second-order valence-corrected chi connectivity index (χ2v) is 6.34. The second-order valence-electron chi connectivity index (χ2n) is 5.90. The molecule has 0 saturated heterocycles. The van der Waals surface area contributed by atoms with Crippen LogP contribution >= 0.6 is 11.6 Å². The largest absolute Gasteiger partial charge is 0.508 e. The molecule has 0 amide bonds. The normalized spacial score (nSPS) is 11.8. The monoisotopic (exact) mass is 368 g/mol. The van der Waals surface area contributed by atoms with E-state index in [9.17, 15) is 9.50 Å². The molecule has 0 bridgehead atoms. The van der Waals surface area contributed by atoms with Crippen LogP contribution in [0.15, 0.2) is 66.7 Å². The lowest BCUT2D eigenvalue weighted by Crippen LogP contribution is -1.95. The Morgan fingerprint density at radius 3 is 2.00 bits per heavy atom. The molecule has 1 N–H and O–H groups in total. The Balaban J connectivity index is 2.22. The zero-order valence-corrected chi connectivity index (χ0v) is 15.2. The third-order valence-corrected chi connectivity index (χ3v) is 4.50. The number of benzene rings is 3. The van der Waals surface area contributed by atoms with E-state index in [4.69, 9.17) is 16.3 Å². The van der Waals surface area contributed by atoms with Crippen LogP contribution in [0.3, 0.4) is 0 Å². The summed E-state index contributed by atoms with van der Waals surface area (Å²) in [5, 5.41) is 10.3. The van der Waals surface area contributed by atoms with E-state index in [2.05, 4.69) is 0 Å². The van der Waals surface area contributed by atoms with Gasteiger partial charge in [0.2, 0.25) is 0 Å². The minimum absolute atomic E-state index is 0.197. The molecule has 0 aliphatic rings. The predicted octanol–water partition coefficient (Wildman–Crippen LogP) is 6.17. The van der Waals surface area contributed by atoms with Crippen LogP contribution in [0.5, 0.6) is 11.5 Å². The molecule has 132 valence electrons. The number of rotatable bonds is 4. The maximum absolute atomic E-state index is 13.8. The van der Waals surface area contributed by atoms with Crippen LogP contribution in [0.25, 0.3) is 11.1 Å². The van der Waals surface area contributed by atoms with Crippen molar-refractivity contribution in [3.8, 4) is 11.5 Å². The molecule has 2 nitrogen and oxygen atoms in total. The van der Waals surface area contributed by atoms with Crippen LogP contribution in [-0.2, 0) is 0 Å². The van der Waals surface area contributed by atoms with Gasteiger partial charge in [-0.15, -0.1) is 0 Å². The number of hydrogen-bond donors (Lipinski definition) is 1. The molecule has 0 aromatic heterocycles. The fourth-order valence-electron chi connectivity index (χ4n) is 2.88. The average Bonchev–Trinajstić information content (AvgIpc) is 2.65. The summed E-state index contributed by atoms with van der Waals surface area (Å²) < 4.78 is 18.9. The van der Waals surface area contributed by atoms with Crippen LogP contribution in [0.2, 0.25) is 5.02 Å². The third-order valence-electron chi connectivity index (χ3n) is 4.25. The van der Waals surface area contributed by atoms with E-state index in [-0.39, 0.29) is 11.5 Å². The number of methoxy groups -OCH3 is 1. The van der Waals surface area contributed by atoms with Crippen molar-refractivity contribution in [2.75, 3.05) is 7.11 Å². The van der Waals surface area contributed by atoms with Crippen molar-refractivity contribution in [2.24, 2.45) is 0 Å². The highest BCUT2D eigenvalue weighted by Crippen LogP contribution is 2.34. The molecule has 0 saturated carbocycles. The maximum Gasteiger partial charge on any atom is 0.165 e. The zero-order valence-electron chi connectivity index (χ0n) is 14.5. The molecule has 0 spiro atoms. The average molecular weight is 369 g/mol. The predicted molar refractivity (Wildman–Crippen MR) is 104 cm³/mol. The summed E-state index contributed by atoms with van der Waals surface area (Å²) in [6.07, 6.45) is 0. The van der Waals surface area contributed by atoms with E-state index in [1.807, 2.05) is 43.3 Å². The summed E-state index contributed by atoms with van der Waals surface area (Å²) >= 11 is 6.03. The molecule has 3 aromatic rings. The van der Waals surface area contributed by atoms with Crippen molar-refractivity contribution in [3.05, 3.63) is 94.3 Å². The van der Waals surface area contributed by atoms with Gasteiger partial charge in [-0.25, -0.2) is 4.39 Å². The Bertz CT molecular complexity index is 897. The Kier molecular flexibility index (Phi) is 5.29. The van der Waals surface area contributed by atoms with Crippen LogP contribution < -0.4 is 4.74 Å². The fraction of sp³-hybridized carbons (Fsp3) is 0.0909. The van der Waals surface area contributed by atoms with Gasteiger partial charge in [0.05, 0.1) is 7.11 Å². The molecule has 0 fully saturated rings. The molecule has 0 unspecified atom stereocenters. The first kappa shape index (κ1) is 18.0. The van der Waals surface area contributed by atoms with Crippen molar-refractivity contribution in [2.45, 2.75) is 6.92 Å². The zero-order chi connectivity index (χ0) is 18.7. The van der Waals surface area contributed by atoms with Crippen molar-refractivity contribution in [1.29, 1.82) is 0 Å². The van der Waals surface area contributed by atoms with E-state index >= 15 is 0 Å². The number of phenolic OH excluding ortho intramolecular Hbond substituents is 1. The minimum atomic E-state index is -0.401. The van der Waals surface area contributed by atoms with Gasteiger partial charge in [-0.2, -0.15) is 0 Å². The van der Waals surface area contributed by atoms with Crippen LogP contribution in [0.4, 0.5) is 4.39 Å². The van der Waals surface area contributed by atoms with Crippen molar-refractivity contribution in [3.63, 3.8) is 0 Å². The highest BCUT2D eigenvalue weighted by Gasteiger charge is 2.13. The highest BCUT2D eigenvalue weighted by molar-refractivity contribution is 6.30. The van der Waals surface area contributed by atoms with Crippen molar-refractivity contribution in [1.82, 2.24) is 0 Å². The van der Waals surface area contributed by atoms with Gasteiger partial charge in [-0.1, -0.05) is 41.9 Å². The van der Waals surface area contributed by atoms with Gasteiger partial charge in [0, 0.05) is 5.02 Å². The lowest BCUT2D eigenvalue weighted by atomic mass is 9.90. The Hall–Kier alpha value is -2.78. The van der Waals surface area contributed by atoms with Crippen LogP contribution in [0, 0.1) is 5.82 Å². The number of aromatic hydroxyl groups is 1. The number of phenols is 1. The van der Waals surface area contributed by atoms with E-state index < -0.39 is 5.82 Å². The molecule has 0 heterocycles. The molecular formula is C22H18ClFO2. The topological polar surface area (TPSA) is 29.5 Å². The first-order chi connectivity index (χ1) is 12.5. The van der Waals surface area contributed by atoms with Gasteiger partial charge in [0.15, 0.2) is 11.6 Å². The summed E-state index contributed by atoms with van der Waals surface area (Å²) in [5.41, 5.74) is 4.68. The van der Waals surface area contributed by atoms with Crippen LogP contribution in [-0.4, -0.2) is 12.2 Å². The number of allylic oxidation sites excluding steroid dienone is 1. The standard InChI is InChI=1S/C22H18ClFO2/c1-14(17-7-12-20(24)21(13-17)26-2)22(15-3-8-18(23)9-4-15)16-5-10-19(25)11-6-16/h3-13,25H,1-2H3/b22-14+. The number of hydrogen-bond acceptors (Lipinski definition) is 2. The third kappa shape index (κ3) is 3.73. The highest BCUT2D eigenvalue weighted by atomic mass is 35.5. The van der Waals surface area contributed by atoms with E-state index in [1.54, 1.807) is 24.3 Å². The molecular weight excluding hydrogens is 351 g/mol. The number of ether oxygens (including phenoxy) is 1. The van der Waals surface area contributed by atoms with Gasteiger partial charge in [-0.05, 0) is 71.2 Å². The first-order valence-corrected chi connectivity index (χ1v) is 8.47. The lowest BCUT2D eigenvalue weighted by molar-refractivity contribution is 0.386. The molecule has 4 heteroatoms. The maximum atomic E-state index is 13.8.